The molecular weight excluding hydrogens is 489 g/mol. The standard InChI is InChI=1S/C25H23ClFN5O2S/c1-16(19-4-2-3-5-22(19)27)31-24-20-12-17(6-7-23(20)28-15-21(24)26)18-13-29-25(30-14-18)32-8-10-35(33,34)11-9-32/h2-7,12-16H,8-11H2,1H3,(H,28,31)/t16-/m1/s1. The summed E-state index contributed by atoms with van der Waals surface area (Å²) in [6.45, 7) is 2.65. The normalized spacial score (nSPS) is 16.3. The Morgan fingerprint density at radius 3 is 2.43 bits per heavy atom. The van der Waals surface area contributed by atoms with E-state index in [4.69, 9.17) is 11.6 Å². The molecule has 1 aliphatic heterocycles. The van der Waals surface area contributed by atoms with Gasteiger partial charge in [-0.15, -0.1) is 0 Å². The molecule has 0 aliphatic carbocycles. The summed E-state index contributed by atoms with van der Waals surface area (Å²) in [5.74, 6) is 0.441. The van der Waals surface area contributed by atoms with Crippen molar-refractivity contribution >= 4 is 44.0 Å². The fourth-order valence-electron chi connectivity index (χ4n) is 4.16. The molecule has 0 amide bonds. The van der Waals surface area contributed by atoms with Crippen molar-refractivity contribution < 1.29 is 12.8 Å². The van der Waals surface area contributed by atoms with E-state index in [0.717, 1.165) is 22.0 Å². The second kappa shape index (κ2) is 9.39. The lowest BCUT2D eigenvalue weighted by Gasteiger charge is -2.26. The zero-order chi connectivity index (χ0) is 24.6. The highest BCUT2D eigenvalue weighted by molar-refractivity contribution is 7.91. The zero-order valence-corrected chi connectivity index (χ0v) is 20.5. The van der Waals surface area contributed by atoms with Gasteiger partial charge in [0.05, 0.1) is 33.8 Å². The highest BCUT2D eigenvalue weighted by Crippen LogP contribution is 2.35. The Kier molecular flexibility index (Phi) is 6.29. The lowest BCUT2D eigenvalue weighted by Crippen LogP contribution is -2.41. The van der Waals surface area contributed by atoms with Gasteiger partial charge in [-0.2, -0.15) is 0 Å². The minimum Gasteiger partial charge on any atom is -0.377 e. The summed E-state index contributed by atoms with van der Waals surface area (Å²) in [5.41, 5.74) is 3.62. The van der Waals surface area contributed by atoms with Gasteiger partial charge < -0.3 is 10.2 Å². The first-order chi connectivity index (χ1) is 16.8. The van der Waals surface area contributed by atoms with E-state index in [9.17, 15) is 12.8 Å². The van der Waals surface area contributed by atoms with Gasteiger partial charge in [-0.1, -0.05) is 35.9 Å². The minimum absolute atomic E-state index is 0.109. The third kappa shape index (κ3) is 4.92. The van der Waals surface area contributed by atoms with E-state index in [-0.39, 0.29) is 23.4 Å². The number of benzene rings is 2. The number of aromatic nitrogens is 3. The van der Waals surface area contributed by atoms with Gasteiger partial charge in [0.2, 0.25) is 5.95 Å². The summed E-state index contributed by atoms with van der Waals surface area (Å²) in [4.78, 5) is 15.2. The lowest BCUT2D eigenvalue weighted by molar-refractivity contribution is 0.585. The van der Waals surface area contributed by atoms with Crippen LogP contribution in [-0.2, 0) is 9.84 Å². The molecule has 10 heteroatoms. The van der Waals surface area contributed by atoms with Crippen molar-refractivity contribution in [1.29, 1.82) is 0 Å². The maximum Gasteiger partial charge on any atom is 0.225 e. The second-order valence-corrected chi connectivity index (χ2v) is 11.2. The molecule has 35 heavy (non-hydrogen) atoms. The van der Waals surface area contributed by atoms with Gasteiger partial charge in [0.15, 0.2) is 9.84 Å². The number of hydrogen-bond acceptors (Lipinski definition) is 7. The molecule has 0 radical (unpaired) electrons. The highest BCUT2D eigenvalue weighted by Gasteiger charge is 2.23. The van der Waals surface area contributed by atoms with Crippen molar-refractivity contribution in [3.63, 3.8) is 0 Å². The molecule has 0 saturated carbocycles. The zero-order valence-electron chi connectivity index (χ0n) is 18.9. The van der Waals surface area contributed by atoms with Gasteiger partial charge in [0.25, 0.3) is 0 Å². The topological polar surface area (TPSA) is 88.1 Å². The van der Waals surface area contributed by atoms with Crippen molar-refractivity contribution in [1.82, 2.24) is 15.0 Å². The molecule has 1 aliphatic rings. The molecule has 7 nitrogen and oxygen atoms in total. The Hall–Kier alpha value is -3.30. The quantitative estimate of drug-likeness (QED) is 0.408. The third-order valence-electron chi connectivity index (χ3n) is 6.15. The SMILES string of the molecule is C[C@@H](Nc1c(Cl)cnc2ccc(-c3cnc(N4CCS(=O)(=O)CC4)nc3)cc12)c1ccccc1F. The van der Waals surface area contributed by atoms with Crippen molar-refractivity contribution in [2.45, 2.75) is 13.0 Å². The Balaban J connectivity index is 1.45. The minimum atomic E-state index is -2.97. The number of rotatable bonds is 5. The average molecular weight is 512 g/mol. The van der Waals surface area contributed by atoms with E-state index < -0.39 is 9.84 Å². The highest BCUT2D eigenvalue weighted by atomic mass is 35.5. The predicted molar refractivity (Wildman–Crippen MR) is 137 cm³/mol. The number of nitrogens with one attached hydrogen (secondary N) is 1. The Morgan fingerprint density at radius 1 is 1.00 bits per heavy atom. The first kappa shape index (κ1) is 23.4. The van der Waals surface area contributed by atoms with Crippen molar-refractivity contribution in [2.24, 2.45) is 0 Å². The molecule has 1 atom stereocenters. The van der Waals surface area contributed by atoms with Crippen LogP contribution in [0, 0.1) is 5.82 Å². The number of anilines is 2. The number of pyridine rings is 1. The fraction of sp³-hybridized carbons (Fsp3) is 0.240. The summed E-state index contributed by atoms with van der Waals surface area (Å²) in [6, 6.07) is 12.1. The van der Waals surface area contributed by atoms with E-state index in [1.807, 2.05) is 30.0 Å². The van der Waals surface area contributed by atoms with Crippen LogP contribution in [0.4, 0.5) is 16.0 Å². The molecular formula is C25H23ClFN5O2S. The molecule has 0 unspecified atom stereocenters. The molecule has 0 spiro atoms. The van der Waals surface area contributed by atoms with E-state index in [0.29, 0.717) is 35.3 Å². The Bertz CT molecular complexity index is 1480. The van der Waals surface area contributed by atoms with E-state index >= 15 is 0 Å². The van der Waals surface area contributed by atoms with Crippen LogP contribution in [0.2, 0.25) is 5.02 Å². The van der Waals surface area contributed by atoms with Crippen molar-refractivity contribution in [2.75, 3.05) is 34.8 Å². The number of fused-ring (bicyclic) bond motifs is 1. The van der Waals surface area contributed by atoms with E-state index in [2.05, 4.69) is 20.3 Å². The van der Waals surface area contributed by atoms with E-state index in [1.165, 1.54) is 6.07 Å². The second-order valence-electron chi connectivity index (χ2n) is 8.51. The van der Waals surface area contributed by atoms with Gasteiger partial charge in [-0.05, 0) is 30.7 Å². The molecule has 1 fully saturated rings. The third-order valence-corrected chi connectivity index (χ3v) is 8.05. The average Bonchev–Trinajstić information content (AvgIpc) is 2.86. The number of halogens is 2. The van der Waals surface area contributed by atoms with Gasteiger partial charge >= 0.3 is 0 Å². The summed E-state index contributed by atoms with van der Waals surface area (Å²) < 4.78 is 37.7. The van der Waals surface area contributed by atoms with E-state index in [1.54, 1.807) is 36.8 Å². The molecule has 0 bridgehead atoms. The van der Waals surface area contributed by atoms with Crippen LogP contribution in [0.15, 0.2) is 61.1 Å². The van der Waals surface area contributed by atoms with Gasteiger partial charge in [0.1, 0.15) is 5.82 Å². The molecule has 3 heterocycles. The molecule has 4 aromatic rings. The molecule has 1 saturated heterocycles. The monoisotopic (exact) mass is 511 g/mol. The molecule has 5 rings (SSSR count). The van der Waals surface area contributed by atoms with Crippen LogP contribution in [0.5, 0.6) is 0 Å². The Labute approximate surface area is 207 Å². The number of nitrogens with zero attached hydrogens (tertiary/aromatic N) is 4. The van der Waals surface area contributed by atoms with Gasteiger partial charge in [0, 0.05) is 48.2 Å². The Morgan fingerprint density at radius 2 is 1.71 bits per heavy atom. The first-order valence-corrected chi connectivity index (χ1v) is 13.4. The van der Waals surface area contributed by atoms with Crippen LogP contribution >= 0.6 is 11.6 Å². The smallest absolute Gasteiger partial charge is 0.225 e. The van der Waals surface area contributed by atoms with Crippen molar-refractivity contribution in [3.8, 4) is 11.1 Å². The summed E-state index contributed by atoms with van der Waals surface area (Å²) in [6.07, 6.45) is 5.02. The first-order valence-electron chi connectivity index (χ1n) is 11.2. The molecule has 1 N–H and O–H groups in total. The van der Waals surface area contributed by atoms with Crippen LogP contribution in [0.1, 0.15) is 18.5 Å². The van der Waals surface area contributed by atoms with Crippen molar-refractivity contribution in [3.05, 3.63) is 77.5 Å². The number of sulfone groups is 1. The van der Waals surface area contributed by atoms with Crippen LogP contribution in [0.25, 0.3) is 22.0 Å². The summed E-state index contributed by atoms with van der Waals surface area (Å²) in [5, 5.41) is 4.58. The summed E-state index contributed by atoms with van der Waals surface area (Å²) in [7, 11) is -2.97. The van der Waals surface area contributed by atoms with Gasteiger partial charge in [-0.3, -0.25) is 4.98 Å². The molecule has 180 valence electrons. The molecule has 2 aromatic carbocycles. The fourth-order valence-corrected chi connectivity index (χ4v) is 5.57. The number of hydrogen-bond donors (Lipinski definition) is 1. The maximum atomic E-state index is 14.3. The van der Waals surface area contributed by atoms with Crippen LogP contribution in [-0.4, -0.2) is 48.0 Å². The maximum absolute atomic E-state index is 14.3. The van der Waals surface area contributed by atoms with Crippen LogP contribution < -0.4 is 10.2 Å². The molecule has 2 aromatic heterocycles. The summed E-state index contributed by atoms with van der Waals surface area (Å²) >= 11 is 6.51. The predicted octanol–water partition coefficient (Wildman–Crippen LogP) is 4.89. The van der Waals surface area contributed by atoms with Crippen LogP contribution in [0.3, 0.4) is 0 Å². The lowest BCUT2D eigenvalue weighted by atomic mass is 10.0. The largest absolute Gasteiger partial charge is 0.377 e. The van der Waals surface area contributed by atoms with Gasteiger partial charge in [-0.25, -0.2) is 22.8 Å².